The summed E-state index contributed by atoms with van der Waals surface area (Å²) in [5.74, 6) is -0.719. The van der Waals surface area contributed by atoms with Crippen molar-refractivity contribution in [2.45, 2.75) is 90.1 Å². The predicted molar refractivity (Wildman–Crippen MR) is 134 cm³/mol. The minimum absolute atomic E-state index is 0.228. The second kappa shape index (κ2) is 11.1. The van der Waals surface area contributed by atoms with E-state index in [1.807, 2.05) is 39.0 Å². The molecule has 0 saturated carbocycles. The van der Waals surface area contributed by atoms with Crippen molar-refractivity contribution in [3.63, 3.8) is 0 Å². The van der Waals surface area contributed by atoms with Gasteiger partial charge in [0.05, 0.1) is 11.0 Å². The monoisotopic (exact) mass is 486 g/mol. The molecular weight excluding hydrogens is 448 g/mol. The predicted octanol–water partition coefficient (Wildman–Crippen LogP) is 3.98. The summed E-state index contributed by atoms with van der Waals surface area (Å²) in [5.41, 5.74) is 2.02. The molecule has 0 bridgehead atoms. The zero-order chi connectivity index (χ0) is 25.8. The largest absolute Gasteiger partial charge is 0.465 e. The van der Waals surface area contributed by atoms with Crippen molar-refractivity contribution in [2.75, 3.05) is 6.54 Å². The zero-order valence-corrected chi connectivity index (χ0v) is 21.3. The Bertz CT molecular complexity index is 1140. The molecule has 2 aromatic rings. The molecule has 3 rings (SSSR count). The van der Waals surface area contributed by atoms with Crippen LogP contribution in [-0.4, -0.2) is 49.1 Å². The molecule has 1 aromatic heterocycles. The highest BCUT2D eigenvalue weighted by Gasteiger charge is 2.31. The standard InChI is InChI=1S/C26H38N4O5/c1-26(2,3)29(25(34)35)16-10-8-6-5-7-9-11-18-12-13-19-21(17-18)28(4)24(33)30(19)20-14-15-22(31)27-23(20)32/h12-13,17,20H,5-11,14-16H2,1-4H3,(H,34,35)(H,27,31,32). The second-order valence-electron chi connectivity index (χ2n) is 10.5. The number of carbonyl (C=O) groups is 3. The molecule has 1 aromatic carbocycles. The first-order chi connectivity index (χ1) is 16.5. The van der Waals surface area contributed by atoms with Crippen LogP contribution in [0.5, 0.6) is 0 Å². The van der Waals surface area contributed by atoms with Crippen molar-refractivity contribution in [1.29, 1.82) is 0 Å². The van der Waals surface area contributed by atoms with Gasteiger partial charge in [-0.1, -0.05) is 31.7 Å². The molecule has 35 heavy (non-hydrogen) atoms. The van der Waals surface area contributed by atoms with Crippen molar-refractivity contribution < 1.29 is 19.5 Å². The van der Waals surface area contributed by atoms with E-state index < -0.39 is 18.0 Å². The zero-order valence-electron chi connectivity index (χ0n) is 21.3. The Morgan fingerprint density at radius 2 is 1.71 bits per heavy atom. The third-order valence-corrected chi connectivity index (χ3v) is 6.81. The number of nitrogens with zero attached hydrogens (tertiary/aromatic N) is 3. The van der Waals surface area contributed by atoms with Crippen molar-refractivity contribution >= 4 is 28.9 Å². The topological polar surface area (TPSA) is 114 Å². The van der Waals surface area contributed by atoms with Gasteiger partial charge in [0.15, 0.2) is 0 Å². The van der Waals surface area contributed by atoms with Gasteiger partial charge in [-0.25, -0.2) is 9.59 Å². The summed E-state index contributed by atoms with van der Waals surface area (Å²) in [6, 6.07) is 5.27. The Kier molecular flexibility index (Phi) is 8.40. The van der Waals surface area contributed by atoms with Crippen molar-refractivity contribution in [2.24, 2.45) is 7.05 Å². The van der Waals surface area contributed by atoms with Gasteiger partial charge in [0.2, 0.25) is 11.8 Å². The Balaban J connectivity index is 1.49. The number of nitrogens with one attached hydrogen (secondary N) is 1. The van der Waals surface area contributed by atoms with E-state index >= 15 is 0 Å². The van der Waals surface area contributed by atoms with Crippen molar-refractivity contribution in [1.82, 2.24) is 19.4 Å². The molecule has 1 saturated heterocycles. The fraction of sp³-hybridized carbons (Fsp3) is 0.615. The van der Waals surface area contributed by atoms with Crippen LogP contribution in [0.15, 0.2) is 23.0 Å². The molecule has 2 heterocycles. The Morgan fingerprint density at radius 3 is 2.34 bits per heavy atom. The Hall–Kier alpha value is -3.10. The molecule has 1 aliphatic heterocycles. The first kappa shape index (κ1) is 26.5. The molecule has 1 aliphatic rings. The minimum atomic E-state index is -0.862. The van der Waals surface area contributed by atoms with Crippen LogP contribution in [0.1, 0.15) is 83.7 Å². The molecule has 3 amide bonds. The third kappa shape index (κ3) is 6.32. The second-order valence-corrected chi connectivity index (χ2v) is 10.5. The summed E-state index contributed by atoms with van der Waals surface area (Å²) in [6.07, 6.45) is 6.81. The van der Waals surface area contributed by atoms with Gasteiger partial charge in [-0.2, -0.15) is 0 Å². The number of imide groups is 1. The first-order valence-electron chi connectivity index (χ1n) is 12.5. The average Bonchev–Trinajstić information content (AvgIpc) is 3.01. The lowest BCUT2D eigenvalue weighted by Crippen LogP contribution is -2.45. The van der Waals surface area contributed by atoms with Gasteiger partial charge in [0.25, 0.3) is 0 Å². The van der Waals surface area contributed by atoms with Crippen LogP contribution < -0.4 is 11.0 Å². The molecule has 9 heteroatoms. The number of hydrogen-bond acceptors (Lipinski definition) is 4. The van der Waals surface area contributed by atoms with Crippen molar-refractivity contribution in [3.8, 4) is 0 Å². The maximum absolute atomic E-state index is 12.9. The van der Waals surface area contributed by atoms with Crippen LogP contribution in [0, 0.1) is 0 Å². The van der Waals surface area contributed by atoms with Gasteiger partial charge < -0.3 is 10.0 Å². The molecule has 1 fully saturated rings. The van der Waals surface area contributed by atoms with Gasteiger partial charge in [-0.3, -0.25) is 24.0 Å². The normalized spacial score (nSPS) is 16.5. The fourth-order valence-corrected chi connectivity index (χ4v) is 4.82. The van der Waals surface area contributed by atoms with E-state index in [1.165, 1.54) is 9.47 Å². The summed E-state index contributed by atoms with van der Waals surface area (Å²) in [5, 5.41) is 11.7. The lowest BCUT2D eigenvalue weighted by molar-refractivity contribution is -0.135. The number of carboxylic acid groups (broad SMARTS) is 1. The SMILES string of the molecule is Cn1c(=O)n(C2CCC(=O)NC2=O)c2ccc(CCCCCCCCN(C(=O)O)C(C)(C)C)cc21. The van der Waals surface area contributed by atoms with Gasteiger partial charge >= 0.3 is 11.8 Å². The van der Waals surface area contributed by atoms with Gasteiger partial charge in [-0.05, 0) is 64.2 Å². The Morgan fingerprint density at radius 1 is 1.06 bits per heavy atom. The maximum atomic E-state index is 12.9. The molecule has 1 unspecified atom stereocenters. The number of fused-ring (bicyclic) bond motifs is 1. The van der Waals surface area contributed by atoms with Crippen molar-refractivity contribution in [3.05, 3.63) is 34.2 Å². The lowest BCUT2D eigenvalue weighted by Gasteiger charge is -2.33. The van der Waals surface area contributed by atoms with E-state index in [2.05, 4.69) is 5.32 Å². The van der Waals surface area contributed by atoms with E-state index in [4.69, 9.17) is 0 Å². The number of benzene rings is 1. The molecule has 9 nitrogen and oxygen atoms in total. The molecule has 0 spiro atoms. The molecule has 0 radical (unpaired) electrons. The molecular formula is C26H38N4O5. The third-order valence-electron chi connectivity index (χ3n) is 6.81. The van der Waals surface area contributed by atoms with E-state index in [0.717, 1.165) is 56.0 Å². The summed E-state index contributed by atoms with van der Waals surface area (Å²) in [4.78, 5) is 49.6. The number of amides is 3. The number of unbranched alkanes of at least 4 members (excludes halogenated alkanes) is 5. The highest BCUT2D eigenvalue weighted by atomic mass is 16.4. The van der Waals surface area contributed by atoms with Crippen LogP contribution >= 0.6 is 0 Å². The van der Waals surface area contributed by atoms with E-state index in [-0.39, 0.29) is 23.6 Å². The van der Waals surface area contributed by atoms with Crippen LogP contribution in [0.4, 0.5) is 4.79 Å². The number of imidazole rings is 1. The van der Waals surface area contributed by atoms with Gasteiger partial charge in [-0.15, -0.1) is 0 Å². The summed E-state index contributed by atoms with van der Waals surface area (Å²) >= 11 is 0. The Labute approximate surface area is 206 Å². The van der Waals surface area contributed by atoms with E-state index in [1.54, 1.807) is 11.6 Å². The highest BCUT2D eigenvalue weighted by molar-refractivity contribution is 6.00. The number of aryl methyl sites for hydroxylation is 2. The minimum Gasteiger partial charge on any atom is -0.465 e. The van der Waals surface area contributed by atoms with Crippen LogP contribution in [0.2, 0.25) is 0 Å². The quantitative estimate of drug-likeness (QED) is 0.390. The number of hydrogen-bond donors (Lipinski definition) is 2. The lowest BCUT2D eigenvalue weighted by atomic mass is 10.0. The van der Waals surface area contributed by atoms with Crippen LogP contribution in [-0.2, 0) is 23.1 Å². The fourth-order valence-electron chi connectivity index (χ4n) is 4.82. The summed E-state index contributed by atoms with van der Waals surface area (Å²) in [7, 11) is 1.71. The maximum Gasteiger partial charge on any atom is 0.407 e. The average molecular weight is 487 g/mol. The number of rotatable bonds is 10. The van der Waals surface area contributed by atoms with Gasteiger partial charge in [0.1, 0.15) is 6.04 Å². The van der Waals surface area contributed by atoms with Crippen LogP contribution in [0.25, 0.3) is 11.0 Å². The molecule has 1 atom stereocenters. The summed E-state index contributed by atoms with van der Waals surface area (Å²) in [6.45, 7) is 6.32. The molecule has 2 N–H and O–H groups in total. The first-order valence-corrected chi connectivity index (χ1v) is 12.5. The van der Waals surface area contributed by atoms with Crippen LogP contribution in [0.3, 0.4) is 0 Å². The number of piperidine rings is 1. The van der Waals surface area contributed by atoms with E-state index in [0.29, 0.717) is 18.5 Å². The van der Waals surface area contributed by atoms with E-state index in [9.17, 15) is 24.3 Å². The van der Waals surface area contributed by atoms with Gasteiger partial charge in [0, 0.05) is 25.6 Å². The number of aromatic nitrogens is 2. The smallest absolute Gasteiger partial charge is 0.407 e. The molecule has 192 valence electrons. The molecule has 0 aliphatic carbocycles. The number of carbonyl (C=O) groups excluding carboxylic acids is 2. The summed E-state index contributed by atoms with van der Waals surface area (Å²) < 4.78 is 3.08. The highest BCUT2D eigenvalue weighted by Crippen LogP contribution is 2.24.